The molecule has 7 nitrogen and oxygen atoms in total. The molecule has 0 atom stereocenters. The van der Waals surface area contributed by atoms with Gasteiger partial charge in [-0.05, 0) is 12.1 Å². The maximum absolute atomic E-state index is 11.0. The summed E-state index contributed by atoms with van der Waals surface area (Å²) in [5.41, 5.74) is 0.636. The molecule has 19 heavy (non-hydrogen) atoms. The van der Waals surface area contributed by atoms with Gasteiger partial charge in [0.1, 0.15) is 5.75 Å². The lowest BCUT2D eigenvalue weighted by Crippen LogP contribution is -2.27. The molecule has 0 saturated carbocycles. The molecule has 0 saturated heterocycles. The van der Waals surface area contributed by atoms with Crippen molar-refractivity contribution in [2.24, 2.45) is 0 Å². The van der Waals surface area contributed by atoms with Gasteiger partial charge < -0.3 is 9.50 Å². The molecule has 0 aliphatic carbocycles. The molecular formula is C10H16N2O5S2. The maximum Gasteiger partial charge on any atom is 0.306 e. The van der Waals surface area contributed by atoms with Gasteiger partial charge in [-0.2, -0.15) is 8.42 Å². The molecule has 1 aromatic carbocycles. The zero-order valence-corrected chi connectivity index (χ0v) is 12.2. The smallest absolute Gasteiger partial charge is 0.306 e. The molecule has 0 heterocycles. The molecule has 0 radical (unpaired) electrons. The van der Waals surface area contributed by atoms with Crippen molar-refractivity contribution in [2.45, 2.75) is 0 Å². The lowest BCUT2D eigenvalue weighted by Gasteiger charge is -2.08. The minimum absolute atomic E-state index is 0.198. The van der Waals surface area contributed by atoms with Crippen molar-refractivity contribution in [1.29, 1.82) is 0 Å². The standard InChI is InChI=1S/C10H16N2O5S2/c1-18(13,14)12-7-6-11-9-4-3-5-10(8-9)17-19(2,15)16/h3-5,8,11-12H,6-7H2,1-2H3. The number of anilines is 1. The zero-order valence-electron chi connectivity index (χ0n) is 10.6. The highest BCUT2D eigenvalue weighted by molar-refractivity contribution is 7.88. The van der Waals surface area contributed by atoms with Crippen LogP contribution in [0.15, 0.2) is 24.3 Å². The Hall–Kier alpha value is -1.32. The van der Waals surface area contributed by atoms with E-state index in [0.717, 1.165) is 12.5 Å². The SMILES string of the molecule is CS(=O)(=O)NCCNc1cccc(OS(C)(=O)=O)c1. The van der Waals surface area contributed by atoms with Crippen molar-refractivity contribution in [3.05, 3.63) is 24.3 Å². The second kappa shape index (κ2) is 6.22. The minimum atomic E-state index is -3.56. The lowest BCUT2D eigenvalue weighted by molar-refractivity contribution is 0.493. The molecule has 0 unspecified atom stereocenters. The van der Waals surface area contributed by atoms with E-state index in [1.54, 1.807) is 12.1 Å². The van der Waals surface area contributed by atoms with Gasteiger partial charge in [0.25, 0.3) is 0 Å². The van der Waals surface area contributed by atoms with E-state index in [4.69, 9.17) is 4.18 Å². The van der Waals surface area contributed by atoms with Crippen LogP contribution in [0.3, 0.4) is 0 Å². The number of sulfonamides is 1. The summed E-state index contributed by atoms with van der Waals surface area (Å²) < 4.78 is 50.6. The fraction of sp³-hybridized carbons (Fsp3) is 0.400. The van der Waals surface area contributed by atoms with Gasteiger partial charge >= 0.3 is 10.1 Å². The van der Waals surface area contributed by atoms with Crippen LogP contribution in [-0.4, -0.2) is 42.4 Å². The molecule has 1 aromatic rings. The van der Waals surface area contributed by atoms with E-state index in [2.05, 4.69) is 10.0 Å². The van der Waals surface area contributed by atoms with Gasteiger partial charge in [0, 0.05) is 24.8 Å². The third-order valence-corrected chi connectivity index (χ3v) is 3.12. The van der Waals surface area contributed by atoms with Gasteiger partial charge in [0.15, 0.2) is 0 Å². The maximum atomic E-state index is 11.0. The number of benzene rings is 1. The van der Waals surface area contributed by atoms with Crippen LogP contribution in [0.5, 0.6) is 5.75 Å². The van der Waals surface area contributed by atoms with E-state index in [9.17, 15) is 16.8 Å². The zero-order chi connectivity index (χ0) is 14.5. The monoisotopic (exact) mass is 308 g/mol. The molecule has 1 rings (SSSR count). The first-order valence-corrected chi connectivity index (χ1v) is 9.04. The number of rotatable bonds is 7. The molecule has 9 heteroatoms. The normalized spacial score (nSPS) is 12.1. The second-order valence-electron chi connectivity index (χ2n) is 3.91. The van der Waals surface area contributed by atoms with Crippen LogP contribution in [0.2, 0.25) is 0 Å². The average molecular weight is 308 g/mol. The van der Waals surface area contributed by atoms with Gasteiger partial charge in [-0.3, -0.25) is 0 Å². The average Bonchev–Trinajstić information content (AvgIpc) is 2.21. The topological polar surface area (TPSA) is 102 Å². The third kappa shape index (κ3) is 7.65. The first-order valence-electron chi connectivity index (χ1n) is 5.34. The van der Waals surface area contributed by atoms with E-state index in [0.29, 0.717) is 12.2 Å². The Morgan fingerprint density at radius 2 is 1.79 bits per heavy atom. The molecule has 0 spiro atoms. The summed E-state index contributed by atoms with van der Waals surface area (Å²) in [5.74, 6) is 0.198. The number of hydrogen-bond donors (Lipinski definition) is 2. The van der Waals surface area contributed by atoms with Gasteiger partial charge in [0.05, 0.1) is 12.5 Å². The van der Waals surface area contributed by atoms with Crippen molar-refractivity contribution in [2.75, 3.05) is 30.9 Å². The van der Waals surface area contributed by atoms with Gasteiger partial charge in [-0.25, -0.2) is 13.1 Å². The Bertz CT molecular complexity index is 625. The van der Waals surface area contributed by atoms with Gasteiger partial charge in [-0.15, -0.1) is 0 Å². The molecule has 108 valence electrons. The van der Waals surface area contributed by atoms with E-state index >= 15 is 0 Å². The van der Waals surface area contributed by atoms with Crippen molar-refractivity contribution >= 4 is 25.8 Å². The predicted octanol–water partition coefficient (Wildman–Crippen LogP) is -0.0139. The van der Waals surface area contributed by atoms with Gasteiger partial charge in [-0.1, -0.05) is 6.07 Å². The van der Waals surface area contributed by atoms with Crippen molar-refractivity contribution < 1.29 is 21.0 Å². The first kappa shape index (κ1) is 15.7. The summed E-state index contributed by atoms with van der Waals surface area (Å²) in [6, 6.07) is 6.38. The summed E-state index contributed by atoms with van der Waals surface area (Å²) in [6.07, 6.45) is 2.04. The fourth-order valence-electron chi connectivity index (χ4n) is 1.28. The molecule has 0 bridgehead atoms. The first-order chi connectivity index (χ1) is 8.66. The summed E-state index contributed by atoms with van der Waals surface area (Å²) >= 11 is 0. The van der Waals surface area contributed by atoms with E-state index < -0.39 is 20.1 Å². The van der Waals surface area contributed by atoms with Crippen LogP contribution in [0.25, 0.3) is 0 Å². The molecule has 2 N–H and O–H groups in total. The quantitative estimate of drug-likeness (QED) is 0.542. The molecule has 0 aliphatic rings. The second-order valence-corrected chi connectivity index (χ2v) is 7.32. The van der Waals surface area contributed by atoms with Crippen LogP contribution >= 0.6 is 0 Å². The number of hydrogen-bond acceptors (Lipinski definition) is 6. The highest BCUT2D eigenvalue weighted by Crippen LogP contribution is 2.18. The van der Waals surface area contributed by atoms with E-state index in [1.807, 2.05) is 0 Å². The molecule has 0 aliphatic heterocycles. The van der Waals surface area contributed by atoms with Crippen molar-refractivity contribution in [3.63, 3.8) is 0 Å². The Morgan fingerprint density at radius 3 is 2.37 bits per heavy atom. The summed E-state index contributed by atoms with van der Waals surface area (Å²) in [7, 11) is -6.76. The van der Waals surface area contributed by atoms with Crippen LogP contribution in [0, 0.1) is 0 Å². The Morgan fingerprint density at radius 1 is 1.11 bits per heavy atom. The van der Waals surface area contributed by atoms with Crippen molar-refractivity contribution in [3.8, 4) is 5.75 Å². The Balaban J connectivity index is 2.53. The van der Waals surface area contributed by atoms with Crippen molar-refractivity contribution in [1.82, 2.24) is 4.72 Å². The predicted molar refractivity (Wildman–Crippen MR) is 73.3 cm³/mol. The minimum Gasteiger partial charge on any atom is -0.384 e. The number of nitrogens with one attached hydrogen (secondary N) is 2. The highest BCUT2D eigenvalue weighted by atomic mass is 32.2. The highest BCUT2D eigenvalue weighted by Gasteiger charge is 2.05. The molecule has 0 aromatic heterocycles. The van der Waals surface area contributed by atoms with Crippen LogP contribution < -0.4 is 14.2 Å². The van der Waals surface area contributed by atoms with E-state index in [1.165, 1.54) is 12.1 Å². The molecule has 0 fully saturated rings. The largest absolute Gasteiger partial charge is 0.384 e. The van der Waals surface area contributed by atoms with Crippen LogP contribution in [0.1, 0.15) is 0 Å². The Labute approximate surface area is 113 Å². The summed E-state index contributed by atoms with van der Waals surface area (Å²) in [5, 5.41) is 2.94. The van der Waals surface area contributed by atoms with Gasteiger partial charge in [0.2, 0.25) is 10.0 Å². The Kier molecular flexibility index (Phi) is 5.15. The molecular weight excluding hydrogens is 292 g/mol. The fourth-order valence-corrected chi connectivity index (χ4v) is 2.20. The summed E-state index contributed by atoms with van der Waals surface area (Å²) in [6.45, 7) is 0.603. The summed E-state index contributed by atoms with van der Waals surface area (Å²) in [4.78, 5) is 0. The molecule has 0 amide bonds. The van der Waals surface area contributed by atoms with Crippen LogP contribution in [-0.2, 0) is 20.1 Å². The third-order valence-electron chi connectivity index (χ3n) is 1.90. The lowest BCUT2D eigenvalue weighted by atomic mass is 10.3. The van der Waals surface area contributed by atoms with Crippen LogP contribution in [0.4, 0.5) is 5.69 Å². The van der Waals surface area contributed by atoms with E-state index in [-0.39, 0.29) is 12.3 Å².